The van der Waals surface area contributed by atoms with Gasteiger partial charge in [0.15, 0.2) is 0 Å². The highest BCUT2D eigenvalue weighted by Crippen LogP contribution is 2.29. The summed E-state index contributed by atoms with van der Waals surface area (Å²) in [6.07, 6.45) is 4.54. The number of aryl methyl sites for hydroxylation is 1. The van der Waals surface area contributed by atoms with Gasteiger partial charge in [0, 0.05) is 25.6 Å². The largest absolute Gasteiger partial charge is 0.353 e. The molecule has 2 rings (SSSR count). The number of carbonyl (C=O) groups is 1. The maximum atomic E-state index is 12.5. The van der Waals surface area contributed by atoms with Crippen LogP contribution >= 0.6 is 0 Å². The van der Waals surface area contributed by atoms with Crippen LogP contribution in [0.2, 0.25) is 0 Å². The van der Waals surface area contributed by atoms with E-state index in [4.69, 9.17) is 0 Å². The highest BCUT2D eigenvalue weighted by Gasteiger charge is 2.28. The van der Waals surface area contributed by atoms with Gasteiger partial charge in [0.1, 0.15) is 0 Å². The van der Waals surface area contributed by atoms with Crippen molar-refractivity contribution in [3.8, 4) is 0 Å². The molecule has 1 aliphatic rings. The Kier molecular flexibility index (Phi) is 7.86. The maximum Gasteiger partial charge on any atom is 0.243 e. The van der Waals surface area contributed by atoms with Crippen molar-refractivity contribution in [1.29, 1.82) is 0 Å². The van der Waals surface area contributed by atoms with Crippen LogP contribution < -0.4 is 5.32 Å². The van der Waals surface area contributed by atoms with Crippen molar-refractivity contribution in [2.45, 2.75) is 70.7 Å². The van der Waals surface area contributed by atoms with Gasteiger partial charge in [0.2, 0.25) is 15.9 Å². The molecule has 1 aromatic carbocycles. The Morgan fingerprint density at radius 1 is 1.11 bits per heavy atom. The predicted octanol–water partition coefficient (Wildman–Crippen LogP) is 3.59. The zero-order valence-corrected chi connectivity index (χ0v) is 17.9. The van der Waals surface area contributed by atoms with E-state index in [1.54, 1.807) is 12.1 Å². The fourth-order valence-corrected chi connectivity index (χ4v) is 5.32. The van der Waals surface area contributed by atoms with Crippen LogP contribution in [0.5, 0.6) is 0 Å². The minimum atomic E-state index is -3.43. The first-order valence-corrected chi connectivity index (χ1v) is 11.6. The number of hydrogen-bond donors (Lipinski definition) is 1. The Balaban J connectivity index is 1.90. The molecule has 1 fully saturated rings. The van der Waals surface area contributed by atoms with Crippen LogP contribution in [-0.2, 0) is 21.2 Å². The maximum absolute atomic E-state index is 12.5. The topological polar surface area (TPSA) is 66.5 Å². The molecule has 5 nitrogen and oxygen atoms in total. The molecule has 152 valence electrons. The van der Waals surface area contributed by atoms with Gasteiger partial charge in [-0.1, -0.05) is 52.7 Å². The lowest BCUT2D eigenvalue weighted by molar-refractivity contribution is -0.122. The first kappa shape index (κ1) is 21.9. The van der Waals surface area contributed by atoms with Crippen LogP contribution in [-0.4, -0.2) is 37.8 Å². The van der Waals surface area contributed by atoms with E-state index in [0.29, 0.717) is 42.7 Å². The zero-order chi connectivity index (χ0) is 20.0. The number of hydrogen-bond acceptors (Lipinski definition) is 3. The molecule has 0 aromatic heterocycles. The Bertz CT molecular complexity index is 711. The highest BCUT2D eigenvalue weighted by molar-refractivity contribution is 7.89. The Hall–Kier alpha value is -1.40. The van der Waals surface area contributed by atoms with Gasteiger partial charge in [-0.25, -0.2) is 8.42 Å². The van der Waals surface area contributed by atoms with Crippen molar-refractivity contribution >= 4 is 15.9 Å². The molecule has 0 radical (unpaired) electrons. The third-order valence-electron chi connectivity index (χ3n) is 5.96. The molecule has 3 atom stereocenters. The van der Waals surface area contributed by atoms with Crippen LogP contribution in [0.4, 0.5) is 0 Å². The summed E-state index contributed by atoms with van der Waals surface area (Å²) < 4.78 is 26.5. The van der Waals surface area contributed by atoms with Gasteiger partial charge in [-0.2, -0.15) is 4.31 Å². The SMILES string of the molecule is CCN(CC)S(=O)(=O)c1ccc(CCC(=O)NC2CCCC(C)C2C)cc1. The number of amides is 1. The highest BCUT2D eigenvalue weighted by atomic mass is 32.2. The molecule has 1 aromatic rings. The third kappa shape index (κ3) is 5.55. The van der Waals surface area contributed by atoms with E-state index in [1.807, 2.05) is 26.0 Å². The number of nitrogens with one attached hydrogen (secondary N) is 1. The molecule has 27 heavy (non-hydrogen) atoms. The molecule has 0 bridgehead atoms. The van der Waals surface area contributed by atoms with E-state index in [0.717, 1.165) is 12.0 Å². The molecule has 0 heterocycles. The summed E-state index contributed by atoms with van der Waals surface area (Å²) in [4.78, 5) is 12.6. The molecule has 1 amide bonds. The fourth-order valence-electron chi connectivity index (χ4n) is 3.86. The van der Waals surface area contributed by atoms with Gasteiger partial charge < -0.3 is 5.32 Å². The average Bonchev–Trinajstić information content (AvgIpc) is 2.65. The molecular formula is C21H34N2O3S. The third-order valence-corrected chi connectivity index (χ3v) is 8.02. The Morgan fingerprint density at radius 2 is 1.74 bits per heavy atom. The van der Waals surface area contributed by atoms with E-state index in [1.165, 1.54) is 17.1 Å². The minimum Gasteiger partial charge on any atom is -0.353 e. The molecule has 1 saturated carbocycles. The number of rotatable bonds is 8. The smallest absolute Gasteiger partial charge is 0.243 e. The van der Waals surface area contributed by atoms with Crippen LogP contribution in [0.25, 0.3) is 0 Å². The molecule has 3 unspecified atom stereocenters. The van der Waals surface area contributed by atoms with Crippen LogP contribution in [0.15, 0.2) is 29.2 Å². The van der Waals surface area contributed by atoms with Crippen molar-refractivity contribution in [2.75, 3.05) is 13.1 Å². The van der Waals surface area contributed by atoms with Crippen LogP contribution in [0.3, 0.4) is 0 Å². The molecule has 0 spiro atoms. The van der Waals surface area contributed by atoms with Crippen LogP contribution in [0, 0.1) is 11.8 Å². The lowest BCUT2D eigenvalue weighted by atomic mass is 9.78. The normalized spacial score (nSPS) is 23.4. The Morgan fingerprint density at radius 3 is 2.33 bits per heavy atom. The summed E-state index contributed by atoms with van der Waals surface area (Å²) in [5.41, 5.74) is 0.980. The van der Waals surface area contributed by atoms with Gasteiger partial charge in [-0.15, -0.1) is 0 Å². The fraction of sp³-hybridized carbons (Fsp3) is 0.667. The molecule has 1 N–H and O–H groups in total. The second kappa shape index (κ2) is 9.69. The van der Waals surface area contributed by atoms with E-state index < -0.39 is 10.0 Å². The van der Waals surface area contributed by atoms with Gasteiger partial charge in [0.05, 0.1) is 4.90 Å². The van der Waals surface area contributed by atoms with E-state index in [2.05, 4.69) is 19.2 Å². The van der Waals surface area contributed by atoms with Crippen LogP contribution in [0.1, 0.15) is 58.9 Å². The van der Waals surface area contributed by atoms with Gasteiger partial charge in [-0.3, -0.25) is 4.79 Å². The summed E-state index contributed by atoms with van der Waals surface area (Å²) in [7, 11) is -3.43. The van der Waals surface area contributed by atoms with Crippen molar-refractivity contribution < 1.29 is 13.2 Å². The van der Waals surface area contributed by atoms with Gasteiger partial charge in [0.25, 0.3) is 0 Å². The van der Waals surface area contributed by atoms with Gasteiger partial charge in [-0.05, 0) is 42.4 Å². The molecule has 1 aliphatic carbocycles. The van der Waals surface area contributed by atoms with E-state index in [-0.39, 0.29) is 11.9 Å². The lowest BCUT2D eigenvalue weighted by Gasteiger charge is -2.34. The summed E-state index contributed by atoms with van der Waals surface area (Å²) in [6.45, 7) is 9.07. The molecule has 6 heteroatoms. The first-order chi connectivity index (χ1) is 12.8. The monoisotopic (exact) mass is 394 g/mol. The molecule has 0 aliphatic heterocycles. The number of carbonyl (C=O) groups excluding carboxylic acids is 1. The van der Waals surface area contributed by atoms with E-state index in [9.17, 15) is 13.2 Å². The predicted molar refractivity (Wildman–Crippen MR) is 109 cm³/mol. The van der Waals surface area contributed by atoms with Crippen molar-refractivity contribution in [3.63, 3.8) is 0 Å². The lowest BCUT2D eigenvalue weighted by Crippen LogP contribution is -2.43. The summed E-state index contributed by atoms with van der Waals surface area (Å²) in [6, 6.07) is 7.20. The Labute approximate surface area is 164 Å². The summed E-state index contributed by atoms with van der Waals surface area (Å²) in [5, 5.41) is 3.19. The summed E-state index contributed by atoms with van der Waals surface area (Å²) >= 11 is 0. The first-order valence-electron chi connectivity index (χ1n) is 10.2. The van der Waals surface area contributed by atoms with Crippen molar-refractivity contribution in [2.24, 2.45) is 11.8 Å². The summed E-state index contributed by atoms with van der Waals surface area (Å²) in [5.74, 6) is 1.26. The van der Waals surface area contributed by atoms with E-state index >= 15 is 0 Å². The molecular weight excluding hydrogens is 360 g/mol. The molecule has 0 saturated heterocycles. The van der Waals surface area contributed by atoms with Crippen molar-refractivity contribution in [1.82, 2.24) is 9.62 Å². The minimum absolute atomic E-state index is 0.0841. The number of sulfonamides is 1. The van der Waals surface area contributed by atoms with Crippen molar-refractivity contribution in [3.05, 3.63) is 29.8 Å². The average molecular weight is 395 g/mol. The standard InChI is InChI=1S/C21H34N2O3S/c1-5-23(6-2)27(25,26)19-13-10-18(11-14-19)12-15-21(24)22-20-9-7-8-16(3)17(20)4/h10-11,13-14,16-17,20H,5-9,12,15H2,1-4H3,(H,22,24). The number of benzene rings is 1. The zero-order valence-electron chi connectivity index (χ0n) is 17.1. The number of nitrogens with zero attached hydrogens (tertiary/aromatic N) is 1. The van der Waals surface area contributed by atoms with Gasteiger partial charge >= 0.3 is 0 Å². The second-order valence-electron chi connectivity index (χ2n) is 7.67. The quantitative estimate of drug-likeness (QED) is 0.733. The second-order valence-corrected chi connectivity index (χ2v) is 9.61.